The molecule has 0 unspecified atom stereocenters. The first-order valence-electron chi connectivity index (χ1n) is 5.62. The Morgan fingerprint density at radius 3 is 2.53 bits per heavy atom. The summed E-state index contributed by atoms with van der Waals surface area (Å²) in [7, 11) is 1.81. The van der Waals surface area contributed by atoms with Gasteiger partial charge in [0.2, 0.25) is 0 Å². The molecule has 1 N–H and O–H groups in total. The average molecular weight is 270 g/mol. The standard InChI is InChI=1S/C12H13F3N4/c1-8-9(7-19(2)18-8)5-16-11-4-3-10(6-17-11)12(13,14)15/h3-4,6-7H,5H2,1-2H3,(H,16,17). The third kappa shape index (κ3) is 3.24. The number of nitrogens with one attached hydrogen (secondary N) is 1. The summed E-state index contributed by atoms with van der Waals surface area (Å²) in [5, 5.41) is 7.14. The number of rotatable bonds is 3. The molecule has 4 nitrogen and oxygen atoms in total. The molecule has 102 valence electrons. The van der Waals surface area contributed by atoms with Crippen molar-refractivity contribution in [2.24, 2.45) is 7.05 Å². The largest absolute Gasteiger partial charge is 0.417 e. The van der Waals surface area contributed by atoms with E-state index in [0.717, 1.165) is 23.5 Å². The summed E-state index contributed by atoms with van der Waals surface area (Å²) in [6.07, 6.45) is -1.68. The Bertz CT molecular complexity index is 557. The van der Waals surface area contributed by atoms with Crippen molar-refractivity contribution in [2.75, 3.05) is 5.32 Å². The first-order valence-corrected chi connectivity index (χ1v) is 5.62. The molecule has 2 rings (SSSR count). The highest BCUT2D eigenvalue weighted by atomic mass is 19.4. The monoisotopic (exact) mass is 270 g/mol. The van der Waals surface area contributed by atoms with Gasteiger partial charge in [0.1, 0.15) is 5.82 Å². The highest BCUT2D eigenvalue weighted by Gasteiger charge is 2.30. The van der Waals surface area contributed by atoms with Crippen LogP contribution in [-0.4, -0.2) is 14.8 Å². The summed E-state index contributed by atoms with van der Waals surface area (Å²) < 4.78 is 38.8. The van der Waals surface area contributed by atoms with Crippen molar-refractivity contribution >= 4 is 5.82 Å². The van der Waals surface area contributed by atoms with Crippen LogP contribution in [0.3, 0.4) is 0 Å². The van der Waals surface area contributed by atoms with Gasteiger partial charge in [0.25, 0.3) is 0 Å². The van der Waals surface area contributed by atoms with E-state index < -0.39 is 11.7 Å². The summed E-state index contributed by atoms with van der Waals surface area (Å²) in [6.45, 7) is 2.34. The van der Waals surface area contributed by atoms with E-state index in [1.54, 1.807) is 4.68 Å². The Balaban J connectivity index is 2.02. The molecule has 0 atom stereocenters. The number of nitrogens with zero attached hydrogens (tertiary/aromatic N) is 3. The Morgan fingerprint density at radius 1 is 1.32 bits per heavy atom. The Morgan fingerprint density at radius 2 is 2.05 bits per heavy atom. The van der Waals surface area contributed by atoms with Crippen molar-refractivity contribution in [2.45, 2.75) is 19.6 Å². The number of alkyl halides is 3. The van der Waals surface area contributed by atoms with E-state index in [4.69, 9.17) is 0 Å². The Hall–Kier alpha value is -2.05. The molecule has 0 radical (unpaired) electrons. The van der Waals surface area contributed by atoms with Crippen LogP contribution in [0.25, 0.3) is 0 Å². The van der Waals surface area contributed by atoms with E-state index in [2.05, 4.69) is 15.4 Å². The van der Waals surface area contributed by atoms with Gasteiger partial charge in [-0.3, -0.25) is 4.68 Å². The van der Waals surface area contributed by atoms with Crippen LogP contribution in [0.15, 0.2) is 24.5 Å². The van der Waals surface area contributed by atoms with Gasteiger partial charge < -0.3 is 5.32 Å². The molecule has 2 aromatic rings. The van der Waals surface area contributed by atoms with E-state index in [1.807, 2.05) is 20.2 Å². The Kier molecular flexibility index (Phi) is 3.46. The number of hydrogen-bond donors (Lipinski definition) is 1. The summed E-state index contributed by atoms with van der Waals surface area (Å²) >= 11 is 0. The first kappa shape index (κ1) is 13.4. The predicted molar refractivity (Wildman–Crippen MR) is 64.5 cm³/mol. The molecule has 0 amide bonds. The van der Waals surface area contributed by atoms with Crippen LogP contribution in [0, 0.1) is 6.92 Å². The maximum Gasteiger partial charge on any atom is 0.417 e. The minimum atomic E-state index is -4.36. The number of hydrogen-bond acceptors (Lipinski definition) is 3. The molecule has 0 bridgehead atoms. The molecule has 2 aromatic heterocycles. The topological polar surface area (TPSA) is 42.7 Å². The van der Waals surface area contributed by atoms with Crippen molar-refractivity contribution in [3.63, 3.8) is 0 Å². The van der Waals surface area contributed by atoms with Gasteiger partial charge >= 0.3 is 6.18 Å². The van der Waals surface area contributed by atoms with Gasteiger partial charge in [-0.15, -0.1) is 0 Å². The molecule has 2 heterocycles. The second-order valence-corrected chi connectivity index (χ2v) is 4.20. The lowest BCUT2D eigenvalue weighted by Crippen LogP contribution is -2.07. The molecule has 0 saturated heterocycles. The normalized spacial score (nSPS) is 11.6. The first-order chi connectivity index (χ1) is 8.86. The average Bonchev–Trinajstić information content (AvgIpc) is 2.65. The third-order valence-corrected chi connectivity index (χ3v) is 2.67. The summed E-state index contributed by atoms with van der Waals surface area (Å²) in [5.74, 6) is 0.399. The lowest BCUT2D eigenvalue weighted by atomic mass is 10.2. The van der Waals surface area contributed by atoms with Gasteiger partial charge in [-0.05, 0) is 19.1 Å². The van der Waals surface area contributed by atoms with Gasteiger partial charge in [0.15, 0.2) is 0 Å². The van der Waals surface area contributed by atoms with Crippen molar-refractivity contribution in [1.82, 2.24) is 14.8 Å². The Labute approximate surface area is 108 Å². The van der Waals surface area contributed by atoms with Crippen LogP contribution in [0.1, 0.15) is 16.8 Å². The summed E-state index contributed by atoms with van der Waals surface area (Å²) in [6, 6.07) is 2.32. The van der Waals surface area contributed by atoms with Crippen LogP contribution >= 0.6 is 0 Å². The zero-order valence-electron chi connectivity index (χ0n) is 10.5. The molecule has 19 heavy (non-hydrogen) atoms. The molecule has 0 spiro atoms. The molecule has 7 heteroatoms. The van der Waals surface area contributed by atoms with Crippen LogP contribution in [0.4, 0.5) is 19.0 Å². The maximum atomic E-state index is 12.4. The van der Waals surface area contributed by atoms with Crippen LogP contribution in [0.5, 0.6) is 0 Å². The zero-order valence-corrected chi connectivity index (χ0v) is 10.5. The minimum absolute atomic E-state index is 0.399. The predicted octanol–water partition coefficient (Wildman–Crippen LogP) is 2.75. The van der Waals surface area contributed by atoms with Crippen molar-refractivity contribution in [3.05, 3.63) is 41.3 Å². The van der Waals surface area contributed by atoms with Crippen molar-refractivity contribution in [3.8, 4) is 0 Å². The highest BCUT2D eigenvalue weighted by Crippen LogP contribution is 2.28. The van der Waals surface area contributed by atoms with E-state index >= 15 is 0 Å². The molecule has 0 saturated carbocycles. The van der Waals surface area contributed by atoms with E-state index in [0.29, 0.717) is 12.4 Å². The molecule has 0 aromatic carbocycles. The third-order valence-electron chi connectivity index (χ3n) is 2.67. The van der Waals surface area contributed by atoms with E-state index in [1.165, 1.54) is 6.07 Å². The lowest BCUT2D eigenvalue weighted by molar-refractivity contribution is -0.137. The molecular weight excluding hydrogens is 257 g/mol. The fraction of sp³-hybridized carbons (Fsp3) is 0.333. The number of pyridine rings is 1. The summed E-state index contributed by atoms with van der Waals surface area (Å²) in [5.41, 5.74) is 1.10. The van der Waals surface area contributed by atoms with Crippen molar-refractivity contribution in [1.29, 1.82) is 0 Å². The van der Waals surface area contributed by atoms with Gasteiger partial charge in [-0.1, -0.05) is 0 Å². The molecule has 0 aliphatic carbocycles. The van der Waals surface area contributed by atoms with Gasteiger partial charge in [-0.25, -0.2) is 4.98 Å². The number of aromatic nitrogens is 3. The molecule has 0 fully saturated rings. The van der Waals surface area contributed by atoms with Crippen LogP contribution < -0.4 is 5.32 Å². The van der Waals surface area contributed by atoms with Gasteiger partial charge in [-0.2, -0.15) is 18.3 Å². The molecular formula is C12H13F3N4. The van der Waals surface area contributed by atoms with Gasteiger partial charge in [0.05, 0.1) is 11.3 Å². The number of anilines is 1. The smallest absolute Gasteiger partial charge is 0.366 e. The van der Waals surface area contributed by atoms with Crippen LogP contribution in [-0.2, 0) is 19.8 Å². The lowest BCUT2D eigenvalue weighted by Gasteiger charge is -2.08. The summed E-state index contributed by atoms with van der Waals surface area (Å²) in [4.78, 5) is 3.74. The highest BCUT2D eigenvalue weighted by molar-refractivity contribution is 5.37. The quantitative estimate of drug-likeness (QED) is 0.932. The molecule has 0 aliphatic rings. The minimum Gasteiger partial charge on any atom is -0.366 e. The fourth-order valence-electron chi connectivity index (χ4n) is 1.67. The van der Waals surface area contributed by atoms with E-state index in [-0.39, 0.29) is 0 Å². The number of halogens is 3. The van der Waals surface area contributed by atoms with Crippen molar-refractivity contribution < 1.29 is 13.2 Å². The second kappa shape index (κ2) is 4.91. The zero-order chi connectivity index (χ0) is 14.0. The number of aryl methyl sites for hydroxylation is 2. The molecule has 0 aliphatic heterocycles. The van der Waals surface area contributed by atoms with Gasteiger partial charge in [0, 0.05) is 31.5 Å². The SMILES string of the molecule is Cc1nn(C)cc1CNc1ccc(C(F)(F)F)cn1. The maximum absolute atomic E-state index is 12.4. The van der Waals surface area contributed by atoms with E-state index in [9.17, 15) is 13.2 Å². The second-order valence-electron chi connectivity index (χ2n) is 4.20. The van der Waals surface area contributed by atoms with Crippen LogP contribution in [0.2, 0.25) is 0 Å². The fourth-order valence-corrected chi connectivity index (χ4v) is 1.67.